The third kappa shape index (κ3) is 3.67. The van der Waals surface area contributed by atoms with Crippen LogP contribution in [0.1, 0.15) is 26.0 Å². The third-order valence-corrected chi connectivity index (χ3v) is 4.30. The van der Waals surface area contributed by atoms with E-state index in [1.165, 1.54) is 10.9 Å². The standard InChI is InChI=1S/C15H23N3OS/c1-4-18-15-8-6-5-7-13(15)14(17-18)11-16-12(2)9-10-20(3)19/h5-8,12,16H,4,9-11H2,1-3H3. The van der Waals surface area contributed by atoms with Crippen LogP contribution in [-0.4, -0.2) is 32.0 Å². The lowest BCUT2D eigenvalue weighted by Gasteiger charge is -2.11. The summed E-state index contributed by atoms with van der Waals surface area (Å²) in [5.74, 6) is 0.748. The minimum absolute atomic E-state index is 0.351. The molecule has 0 saturated heterocycles. The van der Waals surface area contributed by atoms with Crippen LogP contribution >= 0.6 is 0 Å². The zero-order valence-corrected chi connectivity index (χ0v) is 13.2. The summed E-state index contributed by atoms with van der Waals surface area (Å²) >= 11 is 0. The maximum atomic E-state index is 11.1. The Bertz CT molecular complexity index is 594. The summed E-state index contributed by atoms with van der Waals surface area (Å²) in [6.45, 7) is 5.87. The number of nitrogens with one attached hydrogen (secondary N) is 1. The lowest BCUT2D eigenvalue weighted by atomic mass is 10.2. The zero-order valence-electron chi connectivity index (χ0n) is 12.4. The Hall–Kier alpha value is -1.20. The Labute approximate surface area is 123 Å². The predicted molar refractivity (Wildman–Crippen MR) is 85.3 cm³/mol. The molecule has 2 aromatic rings. The van der Waals surface area contributed by atoms with Crippen molar-refractivity contribution in [3.63, 3.8) is 0 Å². The highest BCUT2D eigenvalue weighted by molar-refractivity contribution is 7.84. The number of aromatic nitrogens is 2. The number of fused-ring (bicyclic) bond motifs is 1. The molecule has 0 aliphatic rings. The van der Waals surface area contributed by atoms with Gasteiger partial charge in [-0.1, -0.05) is 18.2 Å². The largest absolute Gasteiger partial charge is 0.309 e. The molecule has 0 saturated carbocycles. The number of aryl methyl sites for hydroxylation is 1. The molecule has 1 N–H and O–H groups in total. The van der Waals surface area contributed by atoms with Crippen LogP contribution in [0.15, 0.2) is 24.3 Å². The van der Waals surface area contributed by atoms with E-state index < -0.39 is 10.8 Å². The van der Waals surface area contributed by atoms with Crippen molar-refractivity contribution in [3.05, 3.63) is 30.0 Å². The first kappa shape index (κ1) is 15.2. The Kier molecular flexibility index (Phi) is 5.31. The van der Waals surface area contributed by atoms with Crippen molar-refractivity contribution in [3.8, 4) is 0 Å². The monoisotopic (exact) mass is 293 g/mol. The fourth-order valence-electron chi connectivity index (χ4n) is 2.28. The van der Waals surface area contributed by atoms with E-state index in [2.05, 4.69) is 42.5 Å². The van der Waals surface area contributed by atoms with Gasteiger partial charge in [-0.2, -0.15) is 5.10 Å². The van der Waals surface area contributed by atoms with Crippen molar-refractivity contribution in [2.45, 2.75) is 39.4 Å². The van der Waals surface area contributed by atoms with Crippen molar-refractivity contribution in [2.24, 2.45) is 0 Å². The Morgan fingerprint density at radius 3 is 2.85 bits per heavy atom. The summed E-state index contributed by atoms with van der Waals surface area (Å²) in [5.41, 5.74) is 2.28. The van der Waals surface area contributed by atoms with Crippen molar-refractivity contribution in [1.82, 2.24) is 15.1 Å². The maximum Gasteiger partial charge on any atom is 0.0841 e. The van der Waals surface area contributed by atoms with E-state index in [1.807, 2.05) is 10.7 Å². The van der Waals surface area contributed by atoms with E-state index in [1.54, 1.807) is 6.26 Å². The van der Waals surface area contributed by atoms with Gasteiger partial charge in [0.1, 0.15) is 0 Å². The molecule has 0 amide bonds. The van der Waals surface area contributed by atoms with Crippen LogP contribution < -0.4 is 5.32 Å². The zero-order chi connectivity index (χ0) is 14.5. The second-order valence-corrected chi connectivity index (χ2v) is 6.68. The summed E-state index contributed by atoms with van der Waals surface area (Å²) in [4.78, 5) is 0. The van der Waals surface area contributed by atoms with Crippen molar-refractivity contribution in [2.75, 3.05) is 12.0 Å². The molecule has 0 fully saturated rings. The SMILES string of the molecule is CCn1nc(CNC(C)CCS(C)=O)c2ccccc21. The second kappa shape index (κ2) is 6.99. The van der Waals surface area contributed by atoms with Gasteiger partial charge in [-0.05, 0) is 26.3 Å². The Morgan fingerprint density at radius 1 is 1.40 bits per heavy atom. The average Bonchev–Trinajstić information content (AvgIpc) is 2.81. The Balaban J connectivity index is 2.04. The lowest BCUT2D eigenvalue weighted by molar-refractivity contribution is 0.525. The van der Waals surface area contributed by atoms with Crippen LogP contribution in [-0.2, 0) is 23.9 Å². The van der Waals surface area contributed by atoms with E-state index >= 15 is 0 Å². The summed E-state index contributed by atoms with van der Waals surface area (Å²) in [7, 11) is -0.714. The Morgan fingerprint density at radius 2 is 2.15 bits per heavy atom. The molecule has 1 heterocycles. The molecule has 2 atom stereocenters. The minimum atomic E-state index is -0.714. The van der Waals surface area contributed by atoms with Gasteiger partial charge in [0.05, 0.1) is 11.2 Å². The van der Waals surface area contributed by atoms with E-state index in [9.17, 15) is 4.21 Å². The molecular formula is C15H23N3OS. The molecule has 0 bridgehead atoms. The smallest absolute Gasteiger partial charge is 0.0841 e. The summed E-state index contributed by atoms with van der Waals surface area (Å²) in [5, 5.41) is 9.36. The fourth-order valence-corrected chi connectivity index (χ4v) is 2.97. The molecule has 1 aromatic heterocycles. The number of hydrogen-bond donors (Lipinski definition) is 1. The van der Waals surface area contributed by atoms with Gasteiger partial charge in [-0.25, -0.2) is 0 Å². The molecule has 0 aliphatic heterocycles. The van der Waals surface area contributed by atoms with E-state index in [4.69, 9.17) is 0 Å². The second-order valence-electron chi connectivity index (χ2n) is 5.13. The minimum Gasteiger partial charge on any atom is -0.309 e. The van der Waals surface area contributed by atoms with Crippen LogP contribution in [0.4, 0.5) is 0 Å². The van der Waals surface area contributed by atoms with Crippen LogP contribution in [0.25, 0.3) is 10.9 Å². The van der Waals surface area contributed by atoms with Crippen LogP contribution in [0.5, 0.6) is 0 Å². The number of rotatable bonds is 7. The number of nitrogens with zero attached hydrogens (tertiary/aromatic N) is 2. The third-order valence-electron chi connectivity index (χ3n) is 3.49. The predicted octanol–water partition coefficient (Wildman–Crippen LogP) is 2.30. The molecule has 1 aromatic carbocycles. The van der Waals surface area contributed by atoms with Gasteiger partial charge in [0, 0.05) is 47.3 Å². The van der Waals surface area contributed by atoms with Gasteiger partial charge in [0.15, 0.2) is 0 Å². The molecule has 110 valence electrons. The molecule has 0 spiro atoms. The first-order chi connectivity index (χ1) is 9.61. The molecular weight excluding hydrogens is 270 g/mol. The van der Waals surface area contributed by atoms with Crippen molar-refractivity contribution >= 4 is 21.7 Å². The number of hydrogen-bond acceptors (Lipinski definition) is 3. The quantitative estimate of drug-likeness (QED) is 0.852. The van der Waals surface area contributed by atoms with Gasteiger partial charge >= 0.3 is 0 Å². The molecule has 0 aliphatic carbocycles. The molecule has 20 heavy (non-hydrogen) atoms. The lowest BCUT2D eigenvalue weighted by Crippen LogP contribution is -2.27. The molecule has 4 nitrogen and oxygen atoms in total. The topological polar surface area (TPSA) is 46.9 Å². The first-order valence-corrected chi connectivity index (χ1v) is 8.82. The normalized spacial score (nSPS) is 14.6. The highest BCUT2D eigenvalue weighted by Crippen LogP contribution is 2.18. The average molecular weight is 293 g/mol. The summed E-state index contributed by atoms with van der Waals surface area (Å²) in [6.07, 6.45) is 2.68. The van der Waals surface area contributed by atoms with Crippen molar-refractivity contribution in [1.29, 1.82) is 0 Å². The van der Waals surface area contributed by atoms with Gasteiger partial charge < -0.3 is 5.32 Å². The maximum absolute atomic E-state index is 11.1. The van der Waals surface area contributed by atoms with Gasteiger partial charge in [-0.3, -0.25) is 8.89 Å². The molecule has 2 rings (SSSR count). The van der Waals surface area contributed by atoms with E-state index in [0.717, 1.165) is 31.0 Å². The molecule has 0 radical (unpaired) electrons. The fraction of sp³-hybridized carbons (Fsp3) is 0.533. The number of para-hydroxylation sites is 1. The van der Waals surface area contributed by atoms with E-state index in [0.29, 0.717) is 6.04 Å². The van der Waals surface area contributed by atoms with Gasteiger partial charge in [-0.15, -0.1) is 0 Å². The molecule has 2 unspecified atom stereocenters. The molecule has 5 heteroatoms. The highest BCUT2D eigenvalue weighted by atomic mass is 32.2. The summed E-state index contributed by atoms with van der Waals surface area (Å²) in [6, 6.07) is 8.68. The van der Waals surface area contributed by atoms with Crippen molar-refractivity contribution < 1.29 is 4.21 Å². The highest BCUT2D eigenvalue weighted by Gasteiger charge is 2.10. The van der Waals surface area contributed by atoms with Crippen LogP contribution in [0.3, 0.4) is 0 Å². The van der Waals surface area contributed by atoms with Crippen LogP contribution in [0.2, 0.25) is 0 Å². The van der Waals surface area contributed by atoms with Gasteiger partial charge in [0.25, 0.3) is 0 Å². The first-order valence-electron chi connectivity index (χ1n) is 7.09. The van der Waals surface area contributed by atoms with Crippen LogP contribution in [0, 0.1) is 0 Å². The van der Waals surface area contributed by atoms with E-state index in [-0.39, 0.29) is 0 Å². The summed E-state index contributed by atoms with van der Waals surface area (Å²) < 4.78 is 13.1. The van der Waals surface area contributed by atoms with Gasteiger partial charge in [0.2, 0.25) is 0 Å². The number of benzene rings is 1.